The smallest absolute Gasteiger partial charge is 0.269 e. The summed E-state index contributed by atoms with van der Waals surface area (Å²) in [5, 5.41) is 17.2. The molecule has 108 valence electrons. The predicted octanol–water partition coefficient (Wildman–Crippen LogP) is 2.06. The maximum Gasteiger partial charge on any atom is 0.269 e. The van der Waals surface area contributed by atoms with Crippen LogP contribution in [0.25, 0.3) is 0 Å². The highest BCUT2D eigenvalue weighted by molar-refractivity contribution is 5.79. The lowest BCUT2D eigenvalue weighted by Gasteiger charge is -2.10. The van der Waals surface area contributed by atoms with E-state index in [4.69, 9.17) is 0 Å². The van der Waals surface area contributed by atoms with Crippen molar-refractivity contribution < 1.29 is 4.92 Å². The number of guanidine groups is 1. The number of nitrogens with zero attached hydrogens (tertiary/aromatic N) is 2. The number of rotatable bonds is 6. The van der Waals surface area contributed by atoms with Gasteiger partial charge in [-0.2, -0.15) is 0 Å². The van der Waals surface area contributed by atoms with Gasteiger partial charge >= 0.3 is 0 Å². The van der Waals surface area contributed by atoms with Crippen LogP contribution in [0.2, 0.25) is 0 Å². The van der Waals surface area contributed by atoms with Crippen molar-refractivity contribution in [3.05, 3.63) is 39.9 Å². The molecule has 0 amide bonds. The van der Waals surface area contributed by atoms with E-state index in [0.717, 1.165) is 30.5 Å². The van der Waals surface area contributed by atoms with E-state index in [2.05, 4.69) is 15.6 Å². The van der Waals surface area contributed by atoms with Crippen LogP contribution >= 0.6 is 0 Å². The number of nitro groups is 1. The van der Waals surface area contributed by atoms with Gasteiger partial charge in [0, 0.05) is 25.2 Å². The van der Waals surface area contributed by atoms with Crippen molar-refractivity contribution >= 4 is 11.6 Å². The highest BCUT2D eigenvalue weighted by Gasteiger charge is 2.21. The van der Waals surface area contributed by atoms with Crippen LogP contribution in [0.1, 0.15) is 25.3 Å². The molecule has 0 saturated heterocycles. The van der Waals surface area contributed by atoms with Crippen molar-refractivity contribution in [2.45, 2.75) is 26.3 Å². The van der Waals surface area contributed by atoms with Gasteiger partial charge in [0.1, 0.15) is 0 Å². The molecule has 0 aromatic heterocycles. The van der Waals surface area contributed by atoms with Crippen LogP contribution in [-0.2, 0) is 6.54 Å². The van der Waals surface area contributed by atoms with Gasteiger partial charge in [0.15, 0.2) is 5.96 Å². The minimum absolute atomic E-state index is 0.105. The normalized spacial score (nSPS) is 14.9. The van der Waals surface area contributed by atoms with E-state index >= 15 is 0 Å². The van der Waals surface area contributed by atoms with Crippen LogP contribution in [0.4, 0.5) is 5.69 Å². The number of benzene rings is 1. The Labute approximate surface area is 118 Å². The first-order chi connectivity index (χ1) is 9.69. The highest BCUT2D eigenvalue weighted by atomic mass is 16.6. The van der Waals surface area contributed by atoms with Crippen molar-refractivity contribution in [2.75, 3.05) is 13.1 Å². The molecule has 0 spiro atoms. The third kappa shape index (κ3) is 4.53. The van der Waals surface area contributed by atoms with Gasteiger partial charge in [-0.05, 0) is 31.2 Å². The van der Waals surface area contributed by atoms with Gasteiger partial charge in [-0.1, -0.05) is 12.1 Å². The van der Waals surface area contributed by atoms with Crippen LogP contribution in [-0.4, -0.2) is 24.0 Å². The van der Waals surface area contributed by atoms with Crippen molar-refractivity contribution in [2.24, 2.45) is 10.9 Å². The first-order valence-electron chi connectivity index (χ1n) is 6.94. The summed E-state index contributed by atoms with van der Waals surface area (Å²) >= 11 is 0. The van der Waals surface area contributed by atoms with E-state index in [1.807, 2.05) is 13.0 Å². The third-order valence-electron chi connectivity index (χ3n) is 3.14. The zero-order valence-corrected chi connectivity index (χ0v) is 11.6. The minimum Gasteiger partial charge on any atom is -0.357 e. The monoisotopic (exact) mass is 276 g/mol. The average molecular weight is 276 g/mol. The summed E-state index contributed by atoms with van der Waals surface area (Å²) < 4.78 is 0. The molecule has 0 radical (unpaired) electrons. The molecule has 1 saturated carbocycles. The molecule has 1 aromatic carbocycles. The molecule has 0 atom stereocenters. The Hall–Kier alpha value is -2.11. The number of nitrogens with one attached hydrogen (secondary N) is 2. The fraction of sp³-hybridized carbons (Fsp3) is 0.500. The Bertz CT molecular complexity index is 498. The number of nitro benzene ring substituents is 1. The maximum absolute atomic E-state index is 10.7. The lowest BCUT2D eigenvalue weighted by molar-refractivity contribution is -0.384. The molecule has 0 heterocycles. The van der Waals surface area contributed by atoms with Gasteiger partial charge in [-0.25, -0.2) is 4.99 Å². The third-order valence-corrected chi connectivity index (χ3v) is 3.14. The first-order valence-corrected chi connectivity index (χ1v) is 6.94. The lowest BCUT2D eigenvalue weighted by atomic mass is 10.2. The number of hydrogen-bond acceptors (Lipinski definition) is 3. The predicted molar refractivity (Wildman–Crippen MR) is 78.6 cm³/mol. The van der Waals surface area contributed by atoms with Gasteiger partial charge in [-0.15, -0.1) is 0 Å². The zero-order valence-electron chi connectivity index (χ0n) is 11.6. The van der Waals surface area contributed by atoms with Gasteiger partial charge in [0.25, 0.3) is 5.69 Å². The van der Waals surface area contributed by atoms with Crippen molar-refractivity contribution in [1.82, 2.24) is 10.6 Å². The van der Waals surface area contributed by atoms with E-state index in [-0.39, 0.29) is 10.6 Å². The number of non-ortho nitro benzene ring substituents is 1. The van der Waals surface area contributed by atoms with Crippen molar-refractivity contribution in [3.63, 3.8) is 0 Å². The highest BCUT2D eigenvalue weighted by Crippen LogP contribution is 2.27. The fourth-order valence-corrected chi connectivity index (χ4v) is 1.84. The maximum atomic E-state index is 10.7. The summed E-state index contributed by atoms with van der Waals surface area (Å²) in [4.78, 5) is 14.8. The Morgan fingerprint density at radius 3 is 2.90 bits per heavy atom. The molecular weight excluding hydrogens is 256 g/mol. The van der Waals surface area contributed by atoms with Crippen LogP contribution in [0.5, 0.6) is 0 Å². The van der Waals surface area contributed by atoms with E-state index in [1.165, 1.54) is 18.9 Å². The van der Waals surface area contributed by atoms with E-state index < -0.39 is 0 Å². The summed E-state index contributed by atoms with van der Waals surface area (Å²) in [6.45, 7) is 4.19. The summed E-state index contributed by atoms with van der Waals surface area (Å²) in [6.07, 6.45) is 2.58. The van der Waals surface area contributed by atoms with Crippen LogP contribution in [0.3, 0.4) is 0 Å². The molecule has 1 fully saturated rings. The Morgan fingerprint density at radius 2 is 2.25 bits per heavy atom. The van der Waals surface area contributed by atoms with Crippen LogP contribution in [0, 0.1) is 16.0 Å². The largest absolute Gasteiger partial charge is 0.357 e. The SMILES string of the molecule is CCNC(=NCc1cccc([N+](=O)[O-])c1)NCC1CC1. The second-order valence-electron chi connectivity index (χ2n) is 4.95. The molecule has 2 N–H and O–H groups in total. The molecule has 20 heavy (non-hydrogen) atoms. The molecule has 6 heteroatoms. The second-order valence-corrected chi connectivity index (χ2v) is 4.95. The standard InChI is InChI=1S/C14H20N4O2/c1-2-15-14(16-9-11-6-7-11)17-10-12-4-3-5-13(8-12)18(19)20/h3-5,8,11H,2,6-7,9-10H2,1H3,(H2,15,16,17). The van der Waals surface area contributed by atoms with E-state index in [9.17, 15) is 10.1 Å². The van der Waals surface area contributed by atoms with Gasteiger partial charge < -0.3 is 10.6 Å². The summed E-state index contributed by atoms with van der Waals surface area (Å²) in [5.74, 6) is 1.54. The molecule has 0 bridgehead atoms. The Morgan fingerprint density at radius 1 is 1.45 bits per heavy atom. The molecule has 0 aliphatic heterocycles. The molecule has 0 unspecified atom stereocenters. The fourth-order valence-electron chi connectivity index (χ4n) is 1.84. The van der Waals surface area contributed by atoms with Gasteiger partial charge in [-0.3, -0.25) is 10.1 Å². The first kappa shape index (κ1) is 14.3. The Kier molecular flexibility index (Phi) is 4.92. The molecular formula is C14H20N4O2. The molecule has 1 aromatic rings. The van der Waals surface area contributed by atoms with Gasteiger partial charge in [0.05, 0.1) is 11.5 Å². The van der Waals surface area contributed by atoms with Crippen molar-refractivity contribution in [3.8, 4) is 0 Å². The zero-order chi connectivity index (χ0) is 14.4. The summed E-state index contributed by atoms with van der Waals surface area (Å²) in [5.41, 5.74) is 0.941. The molecule has 6 nitrogen and oxygen atoms in total. The van der Waals surface area contributed by atoms with Crippen LogP contribution in [0.15, 0.2) is 29.3 Å². The summed E-state index contributed by atoms with van der Waals surface area (Å²) in [7, 11) is 0. The number of hydrogen-bond donors (Lipinski definition) is 2. The lowest BCUT2D eigenvalue weighted by Crippen LogP contribution is -2.38. The molecule has 1 aliphatic rings. The molecule has 2 rings (SSSR count). The minimum atomic E-state index is -0.385. The topological polar surface area (TPSA) is 79.6 Å². The van der Waals surface area contributed by atoms with Gasteiger partial charge in [0.2, 0.25) is 0 Å². The van der Waals surface area contributed by atoms with Crippen molar-refractivity contribution in [1.29, 1.82) is 0 Å². The summed E-state index contributed by atoms with van der Waals surface area (Å²) in [6, 6.07) is 6.59. The Balaban J connectivity index is 1.95. The molecule has 1 aliphatic carbocycles. The quantitative estimate of drug-likeness (QED) is 0.361. The number of aliphatic imine (C=N–C) groups is 1. The second kappa shape index (κ2) is 6.88. The average Bonchev–Trinajstić information content (AvgIpc) is 3.26. The van der Waals surface area contributed by atoms with E-state index in [1.54, 1.807) is 12.1 Å². The van der Waals surface area contributed by atoms with E-state index in [0.29, 0.717) is 6.54 Å². The van der Waals surface area contributed by atoms with Crippen LogP contribution < -0.4 is 10.6 Å².